The van der Waals surface area contributed by atoms with Gasteiger partial charge in [-0.1, -0.05) is 18.2 Å². The van der Waals surface area contributed by atoms with Crippen molar-refractivity contribution in [3.63, 3.8) is 0 Å². The Balaban J connectivity index is 1.95. The molecule has 1 aromatic carbocycles. The first kappa shape index (κ1) is 14.0. The van der Waals surface area contributed by atoms with Gasteiger partial charge in [0.2, 0.25) is 5.88 Å². The number of para-hydroxylation sites is 1. The predicted octanol–water partition coefficient (Wildman–Crippen LogP) is 2.39. The van der Waals surface area contributed by atoms with E-state index in [4.69, 9.17) is 9.47 Å². The summed E-state index contributed by atoms with van der Waals surface area (Å²) in [7, 11) is 0. The number of carbonyl (C=O) groups is 1. The van der Waals surface area contributed by atoms with E-state index in [2.05, 4.69) is 9.97 Å². The normalized spacial score (nSPS) is 10.2. The molecular weight excluding hydrogens is 256 g/mol. The van der Waals surface area contributed by atoms with Crippen molar-refractivity contribution in [3.8, 4) is 11.6 Å². The van der Waals surface area contributed by atoms with Gasteiger partial charge in [0.25, 0.3) is 0 Å². The minimum Gasteiger partial charge on any atom is -0.464 e. The maximum absolute atomic E-state index is 11.7. The van der Waals surface area contributed by atoms with Crippen molar-refractivity contribution < 1.29 is 14.3 Å². The van der Waals surface area contributed by atoms with E-state index in [1.807, 2.05) is 19.9 Å². The Morgan fingerprint density at radius 1 is 1.00 bits per heavy atom. The number of aryl methyl sites for hydroxylation is 3. The van der Waals surface area contributed by atoms with E-state index in [1.165, 1.54) is 0 Å². The molecule has 0 aliphatic heterocycles. The van der Waals surface area contributed by atoms with Crippen LogP contribution in [0.4, 0.5) is 0 Å². The second-order valence-electron chi connectivity index (χ2n) is 4.36. The van der Waals surface area contributed by atoms with Crippen molar-refractivity contribution in [2.75, 3.05) is 6.61 Å². The molecule has 1 aromatic heterocycles. The molecule has 0 amide bonds. The van der Waals surface area contributed by atoms with Crippen molar-refractivity contribution in [2.24, 2.45) is 0 Å². The smallest absolute Gasteiger partial charge is 0.349 e. The van der Waals surface area contributed by atoms with Crippen molar-refractivity contribution in [1.82, 2.24) is 9.97 Å². The first-order valence-corrected chi connectivity index (χ1v) is 6.26. The molecule has 0 bridgehead atoms. The molecule has 5 heteroatoms. The van der Waals surface area contributed by atoms with E-state index in [1.54, 1.807) is 31.2 Å². The third-order valence-electron chi connectivity index (χ3n) is 2.74. The maximum atomic E-state index is 11.7. The molecule has 0 aliphatic rings. The number of benzene rings is 1. The molecule has 0 N–H and O–H groups in total. The van der Waals surface area contributed by atoms with Crippen LogP contribution < -0.4 is 9.47 Å². The Morgan fingerprint density at radius 2 is 1.65 bits per heavy atom. The third-order valence-corrected chi connectivity index (χ3v) is 2.74. The number of aromatic nitrogens is 2. The van der Waals surface area contributed by atoms with Crippen LogP contribution in [-0.2, 0) is 4.79 Å². The molecule has 1 heterocycles. The van der Waals surface area contributed by atoms with Gasteiger partial charge in [0.05, 0.1) is 17.1 Å². The Hall–Kier alpha value is -2.43. The monoisotopic (exact) mass is 272 g/mol. The van der Waals surface area contributed by atoms with Crippen molar-refractivity contribution in [2.45, 2.75) is 20.8 Å². The van der Waals surface area contributed by atoms with Crippen LogP contribution in [0.1, 0.15) is 17.1 Å². The quantitative estimate of drug-likeness (QED) is 0.631. The molecule has 2 rings (SSSR count). The zero-order chi connectivity index (χ0) is 14.5. The van der Waals surface area contributed by atoms with Gasteiger partial charge < -0.3 is 9.47 Å². The van der Waals surface area contributed by atoms with E-state index in [9.17, 15) is 4.79 Å². The van der Waals surface area contributed by atoms with Crippen LogP contribution >= 0.6 is 0 Å². The zero-order valence-corrected chi connectivity index (χ0v) is 11.7. The summed E-state index contributed by atoms with van der Waals surface area (Å²) in [5, 5.41) is 0. The molecule has 104 valence electrons. The lowest BCUT2D eigenvalue weighted by Crippen LogP contribution is -2.19. The number of nitrogens with zero attached hydrogens (tertiary/aromatic N) is 2. The highest BCUT2D eigenvalue weighted by Gasteiger charge is 2.10. The fraction of sp³-hybridized carbons (Fsp3) is 0.267. The minimum atomic E-state index is -0.476. The van der Waals surface area contributed by atoms with Crippen molar-refractivity contribution >= 4 is 5.97 Å². The van der Waals surface area contributed by atoms with E-state index in [-0.39, 0.29) is 6.61 Å². The van der Waals surface area contributed by atoms with Crippen LogP contribution in [0.15, 0.2) is 30.3 Å². The summed E-state index contributed by atoms with van der Waals surface area (Å²) in [6.45, 7) is 5.31. The van der Waals surface area contributed by atoms with Gasteiger partial charge in [0.1, 0.15) is 5.75 Å². The van der Waals surface area contributed by atoms with Gasteiger partial charge in [-0.25, -0.2) is 9.78 Å². The van der Waals surface area contributed by atoms with Gasteiger partial charge in [-0.2, -0.15) is 0 Å². The molecule has 0 spiro atoms. The summed E-state index contributed by atoms with van der Waals surface area (Å²) in [4.78, 5) is 20.2. The first-order valence-electron chi connectivity index (χ1n) is 6.26. The molecule has 0 radical (unpaired) electrons. The van der Waals surface area contributed by atoms with Crippen LogP contribution in [0.5, 0.6) is 11.6 Å². The standard InChI is InChI=1S/C15H16N2O3/c1-10-11(2)17-15(12(3)16-10)19-9-14(18)20-13-7-5-4-6-8-13/h4-8H,9H2,1-3H3. The van der Waals surface area contributed by atoms with E-state index < -0.39 is 5.97 Å². The molecule has 5 nitrogen and oxygen atoms in total. The number of esters is 1. The molecule has 0 fully saturated rings. The fourth-order valence-electron chi connectivity index (χ4n) is 1.61. The van der Waals surface area contributed by atoms with Gasteiger partial charge in [-0.15, -0.1) is 0 Å². The van der Waals surface area contributed by atoms with Gasteiger partial charge in [0, 0.05) is 0 Å². The number of hydrogen-bond donors (Lipinski definition) is 0. The lowest BCUT2D eigenvalue weighted by atomic mass is 10.3. The molecular formula is C15H16N2O3. The number of ether oxygens (including phenoxy) is 2. The number of hydrogen-bond acceptors (Lipinski definition) is 5. The first-order chi connectivity index (χ1) is 9.56. The van der Waals surface area contributed by atoms with E-state index >= 15 is 0 Å². The summed E-state index contributed by atoms with van der Waals surface area (Å²) in [5.74, 6) is 0.373. The highest BCUT2D eigenvalue weighted by atomic mass is 16.6. The predicted molar refractivity (Wildman–Crippen MR) is 73.8 cm³/mol. The highest BCUT2D eigenvalue weighted by Crippen LogP contribution is 2.15. The molecule has 0 saturated heterocycles. The molecule has 0 saturated carbocycles. The lowest BCUT2D eigenvalue weighted by molar-refractivity contribution is -0.136. The molecule has 2 aromatic rings. The summed E-state index contributed by atoms with van der Waals surface area (Å²) in [6, 6.07) is 8.85. The van der Waals surface area contributed by atoms with Crippen LogP contribution in [0.3, 0.4) is 0 Å². The SMILES string of the molecule is Cc1nc(C)c(OCC(=O)Oc2ccccc2)nc1C. The summed E-state index contributed by atoms with van der Waals surface area (Å²) < 4.78 is 10.5. The van der Waals surface area contributed by atoms with E-state index in [0.29, 0.717) is 17.3 Å². The van der Waals surface area contributed by atoms with Crippen LogP contribution in [0.2, 0.25) is 0 Å². The largest absolute Gasteiger partial charge is 0.464 e. The van der Waals surface area contributed by atoms with Gasteiger partial charge in [0.15, 0.2) is 6.61 Å². The van der Waals surface area contributed by atoms with Crippen LogP contribution in [0.25, 0.3) is 0 Å². The summed E-state index contributed by atoms with van der Waals surface area (Å²) in [5.41, 5.74) is 2.28. The molecule has 0 unspecified atom stereocenters. The van der Waals surface area contributed by atoms with E-state index in [0.717, 1.165) is 11.4 Å². The Bertz CT molecular complexity index is 612. The number of rotatable bonds is 4. The topological polar surface area (TPSA) is 61.3 Å². The van der Waals surface area contributed by atoms with Crippen LogP contribution in [0, 0.1) is 20.8 Å². The summed E-state index contributed by atoms with van der Waals surface area (Å²) in [6.07, 6.45) is 0. The minimum absolute atomic E-state index is 0.201. The van der Waals surface area contributed by atoms with Gasteiger partial charge in [-0.05, 0) is 32.9 Å². The molecule has 0 aliphatic carbocycles. The van der Waals surface area contributed by atoms with Gasteiger partial charge >= 0.3 is 5.97 Å². The molecule has 20 heavy (non-hydrogen) atoms. The van der Waals surface area contributed by atoms with Crippen molar-refractivity contribution in [1.29, 1.82) is 0 Å². The second-order valence-corrected chi connectivity index (χ2v) is 4.36. The van der Waals surface area contributed by atoms with Crippen molar-refractivity contribution in [3.05, 3.63) is 47.4 Å². The summed E-state index contributed by atoms with van der Waals surface area (Å²) >= 11 is 0. The fourth-order valence-corrected chi connectivity index (χ4v) is 1.61. The van der Waals surface area contributed by atoms with Crippen LogP contribution in [-0.4, -0.2) is 22.5 Å². The third kappa shape index (κ3) is 3.54. The molecule has 0 atom stereocenters. The lowest BCUT2D eigenvalue weighted by Gasteiger charge is -2.09. The Kier molecular flexibility index (Phi) is 4.30. The Morgan fingerprint density at radius 3 is 2.35 bits per heavy atom. The zero-order valence-electron chi connectivity index (χ0n) is 11.7. The Labute approximate surface area is 117 Å². The average Bonchev–Trinajstić information content (AvgIpc) is 2.42. The number of carbonyl (C=O) groups excluding carboxylic acids is 1. The maximum Gasteiger partial charge on any atom is 0.349 e. The second kappa shape index (κ2) is 6.14. The highest BCUT2D eigenvalue weighted by molar-refractivity contribution is 5.73. The average molecular weight is 272 g/mol. The van der Waals surface area contributed by atoms with Gasteiger partial charge in [-0.3, -0.25) is 4.98 Å².